The Kier molecular flexibility index (Phi) is 5.61. The number of ether oxygens (including phenoxy) is 3. The van der Waals surface area contributed by atoms with Gasteiger partial charge in [0, 0.05) is 35.2 Å². The van der Waals surface area contributed by atoms with E-state index in [1.807, 2.05) is 6.92 Å². The summed E-state index contributed by atoms with van der Waals surface area (Å²) in [6.07, 6.45) is 1.71. The van der Waals surface area contributed by atoms with Gasteiger partial charge in [0.1, 0.15) is 5.75 Å². The molecule has 1 N–H and O–H groups in total. The molecular formula is C17H16ClF2N3O3S. The van der Waals surface area contributed by atoms with Crippen LogP contribution in [0.3, 0.4) is 0 Å². The second kappa shape index (κ2) is 7.77. The Morgan fingerprint density at radius 2 is 1.96 bits per heavy atom. The molecule has 0 radical (unpaired) electrons. The first-order valence-corrected chi connectivity index (χ1v) is 9.12. The third kappa shape index (κ3) is 4.54. The van der Waals surface area contributed by atoms with Crippen molar-refractivity contribution in [3.05, 3.63) is 35.7 Å². The third-order valence-electron chi connectivity index (χ3n) is 3.66. The summed E-state index contributed by atoms with van der Waals surface area (Å²) in [7, 11) is 3.13. The van der Waals surface area contributed by atoms with Gasteiger partial charge in [-0.2, -0.15) is 0 Å². The Labute approximate surface area is 163 Å². The number of rotatable bonds is 7. The molecular weight excluding hydrogens is 400 g/mol. The van der Waals surface area contributed by atoms with Gasteiger partial charge in [-0.25, -0.2) is 4.98 Å². The van der Waals surface area contributed by atoms with E-state index in [0.717, 1.165) is 5.56 Å². The average Bonchev–Trinajstić information content (AvgIpc) is 3.00. The molecule has 0 spiro atoms. The standard InChI is InChI=1S/C17H16ClF2N3O3S/c1-9-7-21-13(15(25-3)14(9)24-2)8-27-16-22-11-5-4-10(6-12(11)23-16)26-17(18,19)20/h4-7H,8H2,1-3H3,(H,22,23). The minimum absolute atomic E-state index is 0.0608. The van der Waals surface area contributed by atoms with E-state index >= 15 is 0 Å². The quantitative estimate of drug-likeness (QED) is 0.444. The third-order valence-corrected chi connectivity index (χ3v) is 4.62. The van der Waals surface area contributed by atoms with E-state index in [-0.39, 0.29) is 5.75 Å². The number of nitrogens with zero attached hydrogens (tertiary/aromatic N) is 2. The minimum Gasteiger partial charge on any atom is -0.492 e. The zero-order valence-corrected chi connectivity index (χ0v) is 16.3. The van der Waals surface area contributed by atoms with Gasteiger partial charge in [0.2, 0.25) is 0 Å². The van der Waals surface area contributed by atoms with Gasteiger partial charge in [0.15, 0.2) is 16.7 Å². The van der Waals surface area contributed by atoms with Crippen LogP contribution in [-0.2, 0) is 5.75 Å². The summed E-state index contributed by atoms with van der Waals surface area (Å²) in [5, 5.41) is 0.600. The second-order valence-electron chi connectivity index (χ2n) is 5.51. The smallest absolute Gasteiger partial charge is 0.487 e. The normalized spacial score (nSPS) is 11.6. The lowest BCUT2D eigenvalue weighted by Gasteiger charge is -2.13. The van der Waals surface area contributed by atoms with Crippen LogP contribution in [0.1, 0.15) is 11.3 Å². The molecule has 10 heteroatoms. The molecule has 0 amide bonds. The minimum atomic E-state index is -3.77. The highest BCUT2D eigenvalue weighted by molar-refractivity contribution is 7.98. The zero-order valence-electron chi connectivity index (χ0n) is 14.7. The molecule has 0 aliphatic carbocycles. The lowest BCUT2D eigenvalue weighted by atomic mass is 10.2. The van der Waals surface area contributed by atoms with Crippen molar-refractivity contribution in [2.75, 3.05) is 14.2 Å². The molecule has 0 atom stereocenters. The number of alkyl halides is 3. The maximum atomic E-state index is 12.8. The number of halogens is 3. The van der Waals surface area contributed by atoms with Crippen LogP contribution in [-0.4, -0.2) is 34.7 Å². The summed E-state index contributed by atoms with van der Waals surface area (Å²) in [5.41, 5.74) is -1.02. The number of aryl methyl sites for hydroxylation is 1. The van der Waals surface area contributed by atoms with E-state index in [4.69, 9.17) is 21.1 Å². The van der Waals surface area contributed by atoms with Gasteiger partial charge in [-0.05, 0) is 19.1 Å². The Balaban J connectivity index is 1.80. The van der Waals surface area contributed by atoms with Crippen LogP contribution in [0.5, 0.6) is 17.2 Å². The van der Waals surface area contributed by atoms with E-state index in [1.54, 1.807) is 26.5 Å². The number of benzene rings is 1. The number of hydrogen-bond acceptors (Lipinski definition) is 6. The van der Waals surface area contributed by atoms with E-state index in [2.05, 4.69) is 19.7 Å². The molecule has 6 nitrogen and oxygen atoms in total. The number of aromatic nitrogens is 3. The van der Waals surface area contributed by atoms with Crippen molar-refractivity contribution >= 4 is 34.4 Å². The van der Waals surface area contributed by atoms with Gasteiger partial charge < -0.3 is 19.2 Å². The lowest BCUT2D eigenvalue weighted by Crippen LogP contribution is -2.15. The number of thioether (sulfide) groups is 1. The molecule has 0 saturated carbocycles. The molecule has 1 aromatic carbocycles. The Morgan fingerprint density at radius 1 is 1.22 bits per heavy atom. The molecule has 3 rings (SSSR count). The number of imidazole rings is 1. The maximum absolute atomic E-state index is 12.8. The highest BCUT2D eigenvalue weighted by atomic mass is 35.5. The van der Waals surface area contributed by atoms with Crippen molar-refractivity contribution in [2.45, 2.75) is 23.4 Å². The lowest BCUT2D eigenvalue weighted by molar-refractivity contribution is -0.0964. The first-order valence-electron chi connectivity index (χ1n) is 7.75. The summed E-state index contributed by atoms with van der Waals surface area (Å²) >= 11 is 6.18. The molecule has 3 aromatic rings. The fourth-order valence-electron chi connectivity index (χ4n) is 2.54. The summed E-state index contributed by atoms with van der Waals surface area (Å²) < 4.78 is 40.7. The van der Waals surface area contributed by atoms with Gasteiger partial charge in [-0.15, -0.1) is 8.78 Å². The van der Waals surface area contributed by atoms with Crippen molar-refractivity contribution in [2.24, 2.45) is 0 Å². The Bertz CT molecular complexity index is 962. The number of aromatic amines is 1. The van der Waals surface area contributed by atoms with E-state index in [0.29, 0.717) is 39.1 Å². The summed E-state index contributed by atoms with van der Waals surface area (Å²) in [5.74, 6) is 1.62. The fraction of sp³-hybridized carbons (Fsp3) is 0.294. The molecule has 2 aromatic heterocycles. The number of pyridine rings is 1. The number of methoxy groups -OCH3 is 2. The van der Waals surface area contributed by atoms with Gasteiger partial charge >= 0.3 is 5.57 Å². The molecule has 27 heavy (non-hydrogen) atoms. The van der Waals surface area contributed by atoms with Crippen LogP contribution in [0.4, 0.5) is 8.78 Å². The van der Waals surface area contributed by atoms with Crippen LogP contribution < -0.4 is 14.2 Å². The van der Waals surface area contributed by atoms with Gasteiger partial charge in [0.05, 0.1) is 30.9 Å². The first kappa shape index (κ1) is 19.5. The SMILES string of the molecule is COc1c(C)cnc(CSc2nc3ccc(OC(F)(F)Cl)cc3[nH]2)c1OC. The number of H-pyrrole nitrogens is 1. The molecule has 0 saturated heterocycles. The molecule has 2 heterocycles. The van der Waals surface area contributed by atoms with E-state index < -0.39 is 5.57 Å². The Hall–Kier alpha value is -2.26. The number of hydrogen-bond donors (Lipinski definition) is 1. The van der Waals surface area contributed by atoms with Crippen molar-refractivity contribution < 1.29 is 23.0 Å². The van der Waals surface area contributed by atoms with Crippen molar-refractivity contribution in [3.8, 4) is 17.2 Å². The largest absolute Gasteiger partial charge is 0.492 e. The second-order valence-corrected chi connectivity index (χ2v) is 6.92. The van der Waals surface area contributed by atoms with E-state index in [9.17, 15) is 8.78 Å². The molecule has 0 bridgehead atoms. The summed E-state index contributed by atoms with van der Waals surface area (Å²) in [4.78, 5) is 11.9. The highest BCUT2D eigenvalue weighted by Crippen LogP contribution is 2.36. The van der Waals surface area contributed by atoms with Crippen molar-refractivity contribution in [3.63, 3.8) is 0 Å². The predicted octanol–water partition coefficient (Wildman–Crippen LogP) is 4.74. The van der Waals surface area contributed by atoms with Crippen LogP contribution in [0.15, 0.2) is 29.6 Å². The molecule has 0 aliphatic heterocycles. The van der Waals surface area contributed by atoms with Gasteiger partial charge in [0.25, 0.3) is 0 Å². The van der Waals surface area contributed by atoms with Crippen molar-refractivity contribution in [1.29, 1.82) is 0 Å². The topological polar surface area (TPSA) is 69.3 Å². The fourth-order valence-corrected chi connectivity index (χ4v) is 3.45. The zero-order chi connectivity index (χ0) is 19.6. The summed E-state index contributed by atoms with van der Waals surface area (Å²) in [6.45, 7) is 1.88. The van der Waals surface area contributed by atoms with Gasteiger partial charge in [-0.1, -0.05) is 11.8 Å². The number of nitrogens with one attached hydrogen (secondary N) is 1. The van der Waals surface area contributed by atoms with Crippen LogP contribution in [0, 0.1) is 6.92 Å². The first-order chi connectivity index (χ1) is 12.8. The molecule has 0 aliphatic rings. The summed E-state index contributed by atoms with van der Waals surface area (Å²) in [6, 6.07) is 4.36. The van der Waals surface area contributed by atoms with Crippen molar-refractivity contribution in [1.82, 2.24) is 15.0 Å². The average molecular weight is 416 g/mol. The predicted molar refractivity (Wildman–Crippen MR) is 99.2 cm³/mol. The van der Waals surface area contributed by atoms with Gasteiger partial charge in [-0.3, -0.25) is 4.98 Å². The van der Waals surface area contributed by atoms with Crippen LogP contribution in [0.25, 0.3) is 11.0 Å². The monoisotopic (exact) mass is 415 g/mol. The Morgan fingerprint density at radius 3 is 2.63 bits per heavy atom. The molecule has 0 fully saturated rings. The number of fused-ring (bicyclic) bond motifs is 1. The maximum Gasteiger partial charge on any atom is 0.487 e. The highest BCUT2D eigenvalue weighted by Gasteiger charge is 2.27. The van der Waals surface area contributed by atoms with Crippen LogP contribution >= 0.6 is 23.4 Å². The molecule has 144 valence electrons. The molecule has 0 unspecified atom stereocenters. The van der Waals surface area contributed by atoms with Crippen LogP contribution in [0.2, 0.25) is 0 Å². The van der Waals surface area contributed by atoms with E-state index in [1.165, 1.54) is 23.9 Å².